The lowest BCUT2D eigenvalue weighted by atomic mass is 9.69. The second kappa shape index (κ2) is 13.3. The molecule has 2 aliphatic heterocycles. The maximum Gasteiger partial charge on any atom is 0.232 e. The summed E-state index contributed by atoms with van der Waals surface area (Å²) in [6.07, 6.45) is 8.68. The first-order valence-corrected chi connectivity index (χ1v) is 16.3. The van der Waals surface area contributed by atoms with Crippen LogP contribution in [0.5, 0.6) is 0 Å². The Morgan fingerprint density at radius 3 is 2.14 bits per heavy atom. The SMILES string of the molecule is C[C@@H]1CCCN(c2cc(N3CCN(c4ccccc4)CC3)nc(NC(=S)NCC3(c4ccccc4)CCCCC3)n2)C1. The van der Waals surface area contributed by atoms with E-state index in [2.05, 4.69) is 99.0 Å². The lowest BCUT2D eigenvalue weighted by Crippen LogP contribution is -2.47. The lowest BCUT2D eigenvalue weighted by molar-refractivity contribution is 0.292. The summed E-state index contributed by atoms with van der Waals surface area (Å²) in [7, 11) is 0. The maximum absolute atomic E-state index is 5.86. The number of piperidine rings is 1. The number of thiocarbonyl (C=S) groups is 1. The Kier molecular flexibility index (Phi) is 9.08. The zero-order valence-corrected chi connectivity index (χ0v) is 25.8. The molecule has 1 saturated carbocycles. The molecule has 1 aromatic heterocycles. The molecule has 0 radical (unpaired) electrons. The van der Waals surface area contributed by atoms with Crippen LogP contribution in [0.2, 0.25) is 0 Å². The van der Waals surface area contributed by atoms with Crippen molar-refractivity contribution in [2.24, 2.45) is 5.92 Å². The molecule has 8 heteroatoms. The molecule has 0 spiro atoms. The molecule has 0 amide bonds. The third-order valence-electron chi connectivity index (χ3n) is 9.41. The Hall–Kier alpha value is -3.39. The monoisotopic (exact) mass is 583 g/mol. The normalized spacial score (nSPS) is 20.7. The largest absolute Gasteiger partial charge is 0.368 e. The van der Waals surface area contributed by atoms with Gasteiger partial charge in [0.05, 0.1) is 0 Å². The number of hydrogen-bond acceptors (Lipinski definition) is 6. The van der Waals surface area contributed by atoms with Crippen molar-refractivity contribution in [3.63, 3.8) is 0 Å². The molecule has 2 N–H and O–H groups in total. The summed E-state index contributed by atoms with van der Waals surface area (Å²) in [5.41, 5.74) is 2.81. The van der Waals surface area contributed by atoms with Crippen LogP contribution in [-0.4, -0.2) is 60.9 Å². The van der Waals surface area contributed by atoms with Crippen molar-refractivity contribution in [1.29, 1.82) is 0 Å². The van der Waals surface area contributed by atoms with Gasteiger partial charge >= 0.3 is 0 Å². The number of nitrogens with one attached hydrogen (secondary N) is 2. The Morgan fingerprint density at radius 2 is 1.45 bits per heavy atom. The predicted octanol–water partition coefficient (Wildman–Crippen LogP) is 6.23. The molecule has 3 aliphatic rings. The minimum Gasteiger partial charge on any atom is -0.368 e. The number of anilines is 4. The first kappa shape index (κ1) is 28.7. The number of rotatable bonds is 7. The second-order valence-electron chi connectivity index (χ2n) is 12.4. The minimum absolute atomic E-state index is 0.113. The third kappa shape index (κ3) is 6.80. The summed E-state index contributed by atoms with van der Waals surface area (Å²) in [5.74, 6) is 3.22. The smallest absolute Gasteiger partial charge is 0.232 e. The van der Waals surface area contributed by atoms with E-state index in [1.54, 1.807) is 0 Å². The van der Waals surface area contributed by atoms with E-state index in [0.29, 0.717) is 17.0 Å². The zero-order chi connectivity index (χ0) is 28.8. The fourth-order valence-electron chi connectivity index (χ4n) is 7.01. The van der Waals surface area contributed by atoms with Crippen LogP contribution in [-0.2, 0) is 5.41 Å². The van der Waals surface area contributed by atoms with Gasteiger partial charge in [0.1, 0.15) is 11.6 Å². The minimum atomic E-state index is 0.113. The standard InChI is InChI=1S/C34H45N7S/c1-27-12-11-19-41(25-27)31-24-30(40-22-20-39(21-23-40)29-15-7-3-8-16-29)36-32(37-31)38-33(42)35-26-34(17-9-4-10-18-34)28-13-5-2-6-14-28/h2-3,5-8,13-16,24,27H,4,9-12,17-23,25-26H2,1H3,(H2,35,36,37,38,42)/t27-/m1/s1. The molecule has 1 atom stereocenters. The van der Waals surface area contributed by atoms with E-state index >= 15 is 0 Å². The molecule has 2 aromatic carbocycles. The van der Waals surface area contributed by atoms with Gasteiger partial charge in [-0.15, -0.1) is 0 Å². The molecule has 3 aromatic rings. The lowest BCUT2D eigenvalue weighted by Gasteiger charge is -2.38. The Labute approximate surface area is 256 Å². The van der Waals surface area contributed by atoms with Crippen molar-refractivity contribution in [3.8, 4) is 0 Å². The van der Waals surface area contributed by atoms with Crippen molar-refractivity contribution in [1.82, 2.24) is 15.3 Å². The van der Waals surface area contributed by atoms with E-state index in [0.717, 1.165) is 57.4 Å². The van der Waals surface area contributed by atoms with Crippen molar-refractivity contribution in [3.05, 3.63) is 72.3 Å². The van der Waals surface area contributed by atoms with E-state index in [1.165, 1.54) is 56.2 Å². The van der Waals surface area contributed by atoms with E-state index in [1.807, 2.05) is 0 Å². The molecule has 2 saturated heterocycles. The summed E-state index contributed by atoms with van der Waals surface area (Å²) >= 11 is 5.86. The predicted molar refractivity (Wildman–Crippen MR) is 179 cm³/mol. The third-order valence-corrected chi connectivity index (χ3v) is 9.66. The Balaban J connectivity index is 1.17. The fraction of sp³-hybridized carbons (Fsp3) is 0.500. The van der Waals surface area contributed by atoms with Gasteiger partial charge in [-0.05, 0) is 61.5 Å². The Morgan fingerprint density at radius 1 is 0.810 bits per heavy atom. The first-order chi connectivity index (χ1) is 20.6. The Bertz CT molecular complexity index is 1300. The van der Waals surface area contributed by atoms with Crippen molar-refractivity contribution < 1.29 is 0 Å². The van der Waals surface area contributed by atoms with Crippen LogP contribution in [0, 0.1) is 5.92 Å². The summed E-state index contributed by atoms with van der Waals surface area (Å²) in [6, 6.07) is 23.9. The van der Waals surface area contributed by atoms with Crippen molar-refractivity contribution in [2.75, 3.05) is 65.8 Å². The van der Waals surface area contributed by atoms with Gasteiger partial charge in [0.2, 0.25) is 5.95 Å². The maximum atomic E-state index is 5.86. The summed E-state index contributed by atoms with van der Waals surface area (Å²) < 4.78 is 0. The van der Waals surface area contributed by atoms with Crippen LogP contribution in [0.25, 0.3) is 0 Å². The van der Waals surface area contributed by atoms with Gasteiger partial charge in [-0.2, -0.15) is 9.97 Å². The molecular weight excluding hydrogens is 538 g/mol. The van der Waals surface area contributed by atoms with Gasteiger partial charge in [0.15, 0.2) is 5.11 Å². The van der Waals surface area contributed by atoms with E-state index in [4.69, 9.17) is 22.2 Å². The van der Waals surface area contributed by atoms with E-state index in [-0.39, 0.29) is 5.41 Å². The number of piperazine rings is 1. The van der Waals surface area contributed by atoms with Crippen LogP contribution in [0.4, 0.5) is 23.3 Å². The van der Waals surface area contributed by atoms with Gasteiger partial charge in [0.25, 0.3) is 0 Å². The number of benzene rings is 2. The number of aromatic nitrogens is 2. The second-order valence-corrected chi connectivity index (χ2v) is 12.8. The highest BCUT2D eigenvalue weighted by atomic mass is 32.1. The zero-order valence-electron chi connectivity index (χ0n) is 25.0. The van der Waals surface area contributed by atoms with Gasteiger partial charge in [-0.3, -0.25) is 0 Å². The van der Waals surface area contributed by atoms with Gasteiger partial charge < -0.3 is 25.3 Å². The highest BCUT2D eigenvalue weighted by Crippen LogP contribution is 2.39. The topological polar surface area (TPSA) is 59.6 Å². The van der Waals surface area contributed by atoms with Crippen LogP contribution in [0.3, 0.4) is 0 Å². The fourth-order valence-corrected chi connectivity index (χ4v) is 7.18. The van der Waals surface area contributed by atoms with Gasteiger partial charge in [-0.1, -0.05) is 74.7 Å². The van der Waals surface area contributed by atoms with E-state index < -0.39 is 0 Å². The quantitative estimate of drug-likeness (QED) is 0.318. The molecule has 3 heterocycles. The van der Waals surface area contributed by atoms with E-state index in [9.17, 15) is 0 Å². The molecule has 7 nitrogen and oxygen atoms in total. The summed E-state index contributed by atoms with van der Waals surface area (Å²) in [5, 5.41) is 7.56. The van der Waals surface area contributed by atoms with Crippen LogP contribution in [0.15, 0.2) is 66.7 Å². The summed E-state index contributed by atoms with van der Waals surface area (Å²) in [6.45, 7) is 8.99. The molecule has 222 valence electrons. The average molecular weight is 584 g/mol. The number of nitrogens with zero attached hydrogens (tertiary/aromatic N) is 5. The average Bonchev–Trinajstić information content (AvgIpc) is 3.05. The highest BCUT2D eigenvalue weighted by molar-refractivity contribution is 7.80. The van der Waals surface area contributed by atoms with Gasteiger partial charge in [0, 0.05) is 63.0 Å². The van der Waals surface area contributed by atoms with Gasteiger partial charge in [-0.25, -0.2) is 0 Å². The number of para-hydroxylation sites is 1. The molecular formula is C34H45N7S. The summed E-state index contributed by atoms with van der Waals surface area (Å²) in [4.78, 5) is 17.3. The van der Waals surface area contributed by atoms with Crippen molar-refractivity contribution in [2.45, 2.75) is 57.3 Å². The number of hydrogen-bond donors (Lipinski definition) is 2. The van der Waals surface area contributed by atoms with Crippen molar-refractivity contribution >= 4 is 40.6 Å². The van der Waals surface area contributed by atoms with Crippen LogP contribution < -0.4 is 25.3 Å². The highest BCUT2D eigenvalue weighted by Gasteiger charge is 2.34. The molecule has 3 fully saturated rings. The van der Waals surface area contributed by atoms with Crippen LogP contribution >= 0.6 is 12.2 Å². The molecule has 0 bridgehead atoms. The molecule has 0 unspecified atom stereocenters. The van der Waals surface area contributed by atoms with Crippen LogP contribution in [0.1, 0.15) is 57.4 Å². The molecule has 42 heavy (non-hydrogen) atoms. The first-order valence-electron chi connectivity index (χ1n) is 15.9. The molecule has 6 rings (SSSR count). The molecule has 1 aliphatic carbocycles.